The summed E-state index contributed by atoms with van der Waals surface area (Å²) in [7, 11) is 0. The van der Waals surface area contributed by atoms with Gasteiger partial charge < -0.3 is 0 Å². The van der Waals surface area contributed by atoms with Gasteiger partial charge in [-0.15, -0.1) is 6.58 Å². The molecule has 20 heavy (non-hydrogen) atoms. The van der Waals surface area contributed by atoms with Crippen molar-refractivity contribution in [3.8, 4) is 0 Å². The van der Waals surface area contributed by atoms with Gasteiger partial charge >= 0.3 is 0 Å². The molecule has 3 atom stereocenters. The first kappa shape index (κ1) is 13.8. The van der Waals surface area contributed by atoms with Crippen molar-refractivity contribution in [2.45, 2.75) is 44.3 Å². The number of piperazine rings is 1. The predicted octanol–water partition coefficient (Wildman–Crippen LogP) is 3.47. The summed E-state index contributed by atoms with van der Waals surface area (Å²) >= 11 is 0. The molecule has 0 amide bonds. The van der Waals surface area contributed by atoms with Crippen LogP contribution in [0, 0.1) is 0 Å². The highest BCUT2D eigenvalue weighted by molar-refractivity contribution is 5.21. The quantitative estimate of drug-likeness (QED) is 0.776. The van der Waals surface area contributed by atoms with E-state index in [1.54, 1.807) is 0 Å². The van der Waals surface area contributed by atoms with Crippen LogP contribution in [0.5, 0.6) is 0 Å². The average Bonchev–Trinajstić information content (AvgIpc) is 2.53. The maximum Gasteiger partial charge on any atom is 0.0481 e. The summed E-state index contributed by atoms with van der Waals surface area (Å²) in [5.74, 6) is 0. The number of piperidine rings is 1. The van der Waals surface area contributed by atoms with Gasteiger partial charge in [0.1, 0.15) is 0 Å². The highest BCUT2D eigenvalue weighted by atomic mass is 15.3. The second kappa shape index (κ2) is 6.11. The van der Waals surface area contributed by atoms with Gasteiger partial charge in [-0.05, 0) is 31.9 Å². The van der Waals surface area contributed by atoms with Gasteiger partial charge in [0.05, 0.1) is 0 Å². The van der Waals surface area contributed by atoms with Crippen molar-refractivity contribution >= 4 is 0 Å². The molecule has 2 aliphatic heterocycles. The predicted molar refractivity (Wildman–Crippen MR) is 84.8 cm³/mol. The molecule has 1 aromatic rings. The molecule has 108 valence electrons. The zero-order valence-corrected chi connectivity index (χ0v) is 12.5. The molecule has 2 aliphatic rings. The summed E-state index contributed by atoms with van der Waals surface area (Å²) in [6.45, 7) is 9.93. The molecule has 0 spiro atoms. The van der Waals surface area contributed by atoms with Crippen molar-refractivity contribution < 1.29 is 0 Å². The third kappa shape index (κ3) is 2.68. The molecule has 0 aromatic heterocycles. The smallest absolute Gasteiger partial charge is 0.0481 e. The van der Waals surface area contributed by atoms with Crippen LogP contribution < -0.4 is 0 Å². The van der Waals surface area contributed by atoms with Gasteiger partial charge in [0, 0.05) is 31.2 Å². The van der Waals surface area contributed by atoms with Crippen molar-refractivity contribution in [1.29, 1.82) is 0 Å². The summed E-state index contributed by atoms with van der Waals surface area (Å²) < 4.78 is 0. The van der Waals surface area contributed by atoms with Crippen molar-refractivity contribution in [3.63, 3.8) is 0 Å². The van der Waals surface area contributed by atoms with E-state index in [1.807, 2.05) is 0 Å². The number of rotatable bonds is 3. The van der Waals surface area contributed by atoms with Crippen LogP contribution in [0.1, 0.15) is 37.8 Å². The Balaban J connectivity index is 1.86. The van der Waals surface area contributed by atoms with Crippen LogP contribution >= 0.6 is 0 Å². The van der Waals surface area contributed by atoms with Crippen LogP contribution in [0.15, 0.2) is 43.0 Å². The SMILES string of the molecule is C=CC(C)N1CC2CCCCN2CC1c1ccccc1. The fraction of sp³-hybridized carbons (Fsp3) is 0.556. The minimum absolute atomic E-state index is 0.448. The van der Waals surface area contributed by atoms with Gasteiger partial charge in [0.25, 0.3) is 0 Å². The van der Waals surface area contributed by atoms with Gasteiger partial charge in [0.15, 0.2) is 0 Å². The number of fused-ring (bicyclic) bond motifs is 1. The Labute approximate surface area is 123 Å². The van der Waals surface area contributed by atoms with Gasteiger partial charge in [-0.1, -0.05) is 42.8 Å². The van der Waals surface area contributed by atoms with E-state index in [2.05, 4.69) is 59.7 Å². The van der Waals surface area contributed by atoms with Gasteiger partial charge in [-0.25, -0.2) is 0 Å². The Hall–Kier alpha value is -1.12. The first-order chi connectivity index (χ1) is 9.79. The maximum absolute atomic E-state index is 4.01. The summed E-state index contributed by atoms with van der Waals surface area (Å²) in [4.78, 5) is 5.36. The monoisotopic (exact) mass is 270 g/mol. The molecule has 2 fully saturated rings. The van der Waals surface area contributed by atoms with Crippen molar-refractivity contribution in [1.82, 2.24) is 9.80 Å². The zero-order chi connectivity index (χ0) is 13.9. The topological polar surface area (TPSA) is 6.48 Å². The molecule has 2 nitrogen and oxygen atoms in total. The number of nitrogens with zero attached hydrogens (tertiary/aromatic N) is 2. The molecule has 0 aliphatic carbocycles. The van der Waals surface area contributed by atoms with E-state index in [4.69, 9.17) is 0 Å². The second-order valence-corrected chi connectivity index (χ2v) is 6.24. The highest BCUT2D eigenvalue weighted by Crippen LogP contribution is 2.33. The first-order valence-corrected chi connectivity index (χ1v) is 7.97. The van der Waals surface area contributed by atoms with Crippen LogP contribution in [-0.2, 0) is 0 Å². The minimum atomic E-state index is 0.448. The summed E-state index contributed by atoms with van der Waals surface area (Å²) in [6.07, 6.45) is 6.22. The van der Waals surface area contributed by atoms with E-state index in [1.165, 1.54) is 44.5 Å². The molecule has 3 rings (SSSR count). The van der Waals surface area contributed by atoms with Crippen LogP contribution in [0.3, 0.4) is 0 Å². The van der Waals surface area contributed by atoms with E-state index in [0.29, 0.717) is 12.1 Å². The number of benzene rings is 1. The normalized spacial score (nSPS) is 29.6. The third-order valence-electron chi connectivity index (χ3n) is 5.03. The molecular weight excluding hydrogens is 244 g/mol. The Bertz CT molecular complexity index is 442. The van der Waals surface area contributed by atoms with Gasteiger partial charge in [-0.2, -0.15) is 0 Å². The molecular formula is C18H26N2. The number of hydrogen-bond acceptors (Lipinski definition) is 2. The highest BCUT2D eigenvalue weighted by Gasteiger charge is 2.36. The summed E-state index contributed by atoms with van der Waals surface area (Å²) in [6, 6.07) is 12.7. The lowest BCUT2D eigenvalue weighted by Crippen LogP contribution is -2.57. The largest absolute Gasteiger partial charge is 0.297 e. The standard InChI is InChI=1S/C18H26N2/c1-3-15(2)20-13-17-11-7-8-12-19(17)14-18(20)16-9-5-4-6-10-16/h3-6,9-10,15,17-18H,1,7-8,11-14H2,2H3. The second-order valence-electron chi connectivity index (χ2n) is 6.24. The summed E-state index contributed by atoms with van der Waals surface area (Å²) in [5, 5.41) is 0. The van der Waals surface area contributed by atoms with Gasteiger partial charge in [-0.3, -0.25) is 9.80 Å². The molecule has 1 aromatic carbocycles. The van der Waals surface area contributed by atoms with Crippen molar-refractivity contribution in [3.05, 3.63) is 48.6 Å². The van der Waals surface area contributed by atoms with Crippen molar-refractivity contribution in [2.24, 2.45) is 0 Å². The van der Waals surface area contributed by atoms with Crippen LogP contribution in [0.2, 0.25) is 0 Å². The Kier molecular flexibility index (Phi) is 4.23. The third-order valence-corrected chi connectivity index (χ3v) is 5.03. The lowest BCUT2D eigenvalue weighted by molar-refractivity contribution is -0.00246. The Morgan fingerprint density at radius 3 is 2.75 bits per heavy atom. The molecule has 0 saturated carbocycles. The zero-order valence-electron chi connectivity index (χ0n) is 12.5. The molecule has 0 bridgehead atoms. The van der Waals surface area contributed by atoms with E-state index in [0.717, 1.165) is 6.04 Å². The molecule has 2 heterocycles. The fourth-order valence-corrected chi connectivity index (χ4v) is 3.76. The molecule has 0 N–H and O–H groups in total. The molecule has 3 unspecified atom stereocenters. The molecule has 2 heteroatoms. The lowest BCUT2D eigenvalue weighted by atomic mass is 9.92. The van der Waals surface area contributed by atoms with Crippen LogP contribution in [0.4, 0.5) is 0 Å². The first-order valence-electron chi connectivity index (χ1n) is 7.97. The number of hydrogen-bond donors (Lipinski definition) is 0. The Morgan fingerprint density at radius 1 is 1.20 bits per heavy atom. The van der Waals surface area contributed by atoms with E-state index < -0.39 is 0 Å². The minimum Gasteiger partial charge on any atom is -0.297 e. The van der Waals surface area contributed by atoms with Crippen molar-refractivity contribution in [2.75, 3.05) is 19.6 Å². The van der Waals surface area contributed by atoms with E-state index in [9.17, 15) is 0 Å². The molecule has 0 radical (unpaired) electrons. The van der Waals surface area contributed by atoms with E-state index >= 15 is 0 Å². The van der Waals surface area contributed by atoms with Gasteiger partial charge in [0.2, 0.25) is 0 Å². The average molecular weight is 270 g/mol. The Morgan fingerprint density at radius 2 is 2.00 bits per heavy atom. The van der Waals surface area contributed by atoms with Crippen LogP contribution in [-0.4, -0.2) is 41.5 Å². The van der Waals surface area contributed by atoms with E-state index in [-0.39, 0.29) is 0 Å². The summed E-state index contributed by atoms with van der Waals surface area (Å²) in [5.41, 5.74) is 1.45. The lowest BCUT2D eigenvalue weighted by Gasteiger charge is -2.50. The fourth-order valence-electron chi connectivity index (χ4n) is 3.76. The van der Waals surface area contributed by atoms with Crippen LogP contribution in [0.25, 0.3) is 0 Å². The molecule has 2 saturated heterocycles. The maximum atomic E-state index is 4.01.